The van der Waals surface area contributed by atoms with Gasteiger partial charge >= 0.3 is 0 Å². The summed E-state index contributed by atoms with van der Waals surface area (Å²) in [5.41, 5.74) is 3.43. The summed E-state index contributed by atoms with van der Waals surface area (Å²) in [5.74, 6) is 1.03. The molecule has 1 aliphatic rings. The minimum absolute atomic E-state index is 0.0761. The Morgan fingerprint density at radius 3 is 2.13 bits per heavy atom. The lowest BCUT2D eigenvalue weighted by Crippen LogP contribution is -2.34. The zero-order valence-corrected chi connectivity index (χ0v) is 17.9. The molecule has 1 aliphatic heterocycles. The number of methoxy groups -OCH3 is 1. The summed E-state index contributed by atoms with van der Waals surface area (Å²) < 4.78 is 5.26. The smallest absolute Gasteiger partial charge is 0.240 e. The second kappa shape index (κ2) is 10.2. The van der Waals surface area contributed by atoms with Crippen LogP contribution in [-0.4, -0.2) is 47.5 Å². The van der Waals surface area contributed by atoms with Gasteiger partial charge in [0.15, 0.2) is 0 Å². The van der Waals surface area contributed by atoms with Gasteiger partial charge in [-0.25, -0.2) is 9.97 Å². The van der Waals surface area contributed by atoms with Crippen LogP contribution in [0.2, 0.25) is 0 Å². The molecule has 6 nitrogen and oxygen atoms in total. The number of carbonyl (C=O) groups is 1. The van der Waals surface area contributed by atoms with Gasteiger partial charge in [-0.05, 0) is 56.3 Å². The number of nitrogens with zero attached hydrogens (tertiary/aromatic N) is 3. The molecule has 2 aromatic carbocycles. The molecule has 0 saturated carbocycles. The van der Waals surface area contributed by atoms with E-state index < -0.39 is 0 Å². The van der Waals surface area contributed by atoms with Gasteiger partial charge < -0.3 is 4.74 Å². The number of anilines is 1. The van der Waals surface area contributed by atoms with Crippen LogP contribution < -0.4 is 10.1 Å². The number of hydrogen-bond donors (Lipinski definition) is 1. The third-order valence-corrected chi connectivity index (χ3v) is 5.50. The molecule has 0 radical (unpaired) electrons. The standard InChI is InChI=1S/C25H28N4O2/c1-31-21-13-11-20(12-14-21)23-17-22(19-9-5-4-6-10-19)26-25(27-23)28-24(30)18-29-15-7-2-3-8-16-29/h4-6,9-14,17H,2-3,7-8,15-16,18H2,1H3,(H,26,27,28,30). The molecule has 0 bridgehead atoms. The van der Waals surface area contributed by atoms with Crippen LogP contribution in [0.5, 0.6) is 5.75 Å². The van der Waals surface area contributed by atoms with Gasteiger partial charge in [0, 0.05) is 11.1 Å². The Morgan fingerprint density at radius 1 is 0.903 bits per heavy atom. The maximum atomic E-state index is 12.7. The summed E-state index contributed by atoms with van der Waals surface area (Å²) >= 11 is 0. The molecule has 0 spiro atoms. The van der Waals surface area contributed by atoms with Gasteiger partial charge in [0.1, 0.15) is 5.75 Å². The fraction of sp³-hybridized carbons (Fsp3) is 0.320. The number of likely N-dealkylation sites (tertiary alicyclic amines) is 1. The summed E-state index contributed by atoms with van der Waals surface area (Å²) in [6.07, 6.45) is 4.78. The van der Waals surface area contributed by atoms with Crippen LogP contribution in [0.15, 0.2) is 60.7 Å². The molecule has 3 aromatic rings. The highest BCUT2D eigenvalue weighted by atomic mass is 16.5. The summed E-state index contributed by atoms with van der Waals surface area (Å²) in [7, 11) is 1.64. The maximum Gasteiger partial charge on any atom is 0.240 e. The molecule has 6 heteroatoms. The molecule has 160 valence electrons. The van der Waals surface area contributed by atoms with E-state index in [1.54, 1.807) is 7.11 Å². The normalized spacial score (nSPS) is 14.6. The first-order chi connectivity index (χ1) is 15.2. The Morgan fingerprint density at radius 2 is 1.52 bits per heavy atom. The van der Waals surface area contributed by atoms with Crippen molar-refractivity contribution in [1.82, 2.24) is 14.9 Å². The fourth-order valence-corrected chi connectivity index (χ4v) is 3.83. The van der Waals surface area contributed by atoms with Crippen molar-refractivity contribution in [2.24, 2.45) is 0 Å². The van der Waals surface area contributed by atoms with Crippen molar-refractivity contribution in [1.29, 1.82) is 0 Å². The predicted molar refractivity (Wildman–Crippen MR) is 123 cm³/mol. The number of nitrogens with one attached hydrogen (secondary N) is 1. The molecule has 1 N–H and O–H groups in total. The lowest BCUT2D eigenvalue weighted by Gasteiger charge is -2.18. The van der Waals surface area contributed by atoms with Crippen molar-refractivity contribution in [3.05, 3.63) is 60.7 Å². The Balaban J connectivity index is 1.60. The number of aromatic nitrogens is 2. The Labute approximate surface area is 183 Å². The lowest BCUT2D eigenvalue weighted by molar-refractivity contribution is -0.117. The van der Waals surface area contributed by atoms with Gasteiger partial charge in [-0.2, -0.15) is 0 Å². The second-order valence-corrected chi connectivity index (χ2v) is 7.80. The third-order valence-electron chi connectivity index (χ3n) is 5.50. The number of hydrogen-bond acceptors (Lipinski definition) is 5. The van der Waals surface area contributed by atoms with Crippen LogP contribution >= 0.6 is 0 Å². The van der Waals surface area contributed by atoms with Crippen LogP contribution in [0.4, 0.5) is 5.95 Å². The highest BCUT2D eigenvalue weighted by Crippen LogP contribution is 2.26. The highest BCUT2D eigenvalue weighted by molar-refractivity contribution is 5.91. The largest absolute Gasteiger partial charge is 0.497 e. The topological polar surface area (TPSA) is 67.3 Å². The first-order valence-corrected chi connectivity index (χ1v) is 10.8. The Hall–Kier alpha value is -3.25. The van der Waals surface area contributed by atoms with E-state index in [1.807, 2.05) is 60.7 Å². The van der Waals surface area contributed by atoms with Crippen molar-refractivity contribution in [2.75, 3.05) is 32.1 Å². The molecular formula is C25H28N4O2. The number of rotatable bonds is 6. The lowest BCUT2D eigenvalue weighted by atomic mass is 10.1. The average Bonchev–Trinajstić information content (AvgIpc) is 3.08. The van der Waals surface area contributed by atoms with Gasteiger partial charge in [0.25, 0.3) is 0 Å². The molecule has 4 rings (SSSR count). The van der Waals surface area contributed by atoms with E-state index in [2.05, 4.69) is 20.2 Å². The molecule has 0 aliphatic carbocycles. The summed E-state index contributed by atoms with van der Waals surface area (Å²) in [6, 6.07) is 19.6. The monoisotopic (exact) mass is 416 g/mol. The van der Waals surface area contributed by atoms with Crippen LogP contribution in [0.3, 0.4) is 0 Å². The quantitative estimate of drug-likeness (QED) is 0.634. The molecule has 0 unspecified atom stereocenters. The summed E-state index contributed by atoms with van der Waals surface area (Å²) in [4.78, 5) is 24.2. The van der Waals surface area contributed by atoms with E-state index in [4.69, 9.17) is 4.74 Å². The number of amides is 1. The summed E-state index contributed by atoms with van der Waals surface area (Å²) in [6.45, 7) is 2.31. The zero-order chi connectivity index (χ0) is 21.5. The van der Waals surface area contributed by atoms with Crippen molar-refractivity contribution < 1.29 is 9.53 Å². The second-order valence-electron chi connectivity index (χ2n) is 7.80. The number of carbonyl (C=O) groups excluding carboxylic acids is 1. The average molecular weight is 417 g/mol. The predicted octanol–water partition coefficient (Wildman–Crippen LogP) is 4.63. The number of benzene rings is 2. The Kier molecular flexibility index (Phi) is 6.89. The van der Waals surface area contributed by atoms with Crippen molar-refractivity contribution in [2.45, 2.75) is 25.7 Å². The van der Waals surface area contributed by atoms with Gasteiger partial charge in [0.05, 0.1) is 25.0 Å². The van der Waals surface area contributed by atoms with E-state index in [1.165, 1.54) is 12.8 Å². The van der Waals surface area contributed by atoms with Crippen molar-refractivity contribution >= 4 is 11.9 Å². The van der Waals surface area contributed by atoms with Gasteiger partial charge in [-0.15, -0.1) is 0 Å². The SMILES string of the molecule is COc1ccc(-c2cc(-c3ccccc3)nc(NC(=O)CN3CCCCCC3)n2)cc1. The fourth-order valence-electron chi connectivity index (χ4n) is 3.83. The van der Waals surface area contributed by atoms with Crippen LogP contribution in [0.1, 0.15) is 25.7 Å². The molecule has 1 saturated heterocycles. The molecular weight excluding hydrogens is 388 g/mol. The minimum Gasteiger partial charge on any atom is -0.497 e. The van der Waals surface area contributed by atoms with E-state index in [0.717, 1.165) is 54.2 Å². The van der Waals surface area contributed by atoms with Gasteiger partial charge in [-0.1, -0.05) is 43.2 Å². The van der Waals surface area contributed by atoms with Crippen molar-refractivity contribution in [3.63, 3.8) is 0 Å². The van der Waals surface area contributed by atoms with Crippen molar-refractivity contribution in [3.8, 4) is 28.3 Å². The molecule has 1 amide bonds. The van der Waals surface area contributed by atoms with E-state index in [0.29, 0.717) is 12.5 Å². The first-order valence-electron chi connectivity index (χ1n) is 10.8. The first kappa shape index (κ1) is 21.0. The molecule has 2 heterocycles. The molecule has 31 heavy (non-hydrogen) atoms. The molecule has 1 fully saturated rings. The van der Waals surface area contributed by atoms with Crippen LogP contribution in [0.25, 0.3) is 22.5 Å². The maximum absolute atomic E-state index is 12.7. The van der Waals surface area contributed by atoms with E-state index in [-0.39, 0.29) is 5.91 Å². The Bertz CT molecular complexity index is 998. The van der Waals surface area contributed by atoms with Crippen LogP contribution in [0, 0.1) is 0 Å². The number of ether oxygens (including phenoxy) is 1. The van der Waals surface area contributed by atoms with Gasteiger partial charge in [-0.3, -0.25) is 15.0 Å². The third kappa shape index (κ3) is 5.67. The highest BCUT2D eigenvalue weighted by Gasteiger charge is 2.15. The van der Waals surface area contributed by atoms with Crippen LogP contribution in [-0.2, 0) is 4.79 Å². The summed E-state index contributed by atoms with van der Waals surface area (Å²) in [5, 5.41) is 2.92. The molecule has 0 atom stereocenters. The van der Waals surface area contributed by atoms with E-state index in [9.17, 15) is 4.79 Å². The molecule has 1 aromatic heterocycles. The van der Waals surface area contributed by atoms with E-state index >= 15 is 0 Å². The van der Waals surface area contributed by atoms with Gasteiger partial charge in [0.2, 0.25) is 11.9 Å². The zero-order valence-electron chi connectivity index (χ0n) is 17.9. The minimum atomic E-state index is -0.0761.